The highest BCUT2D eigenvalue weighted by molar-refractivity contribution is 8.00. The average molecular weight is 327 g/mol. The Kier molecular flexibility index (Phi) is 4.35. The topological polar surface area (TPSA) is 83.6 Å². The molecule has 1 amide bonds. The van der Waals surface area contributed by atoms with Crippen LogP contribution in [0.1, 0.15) is 37.2 Å². The standard InChI is InChI=1S/C16H17N5OS/c1-10(15(22)18-13-5-3-4-12(8-13)9-17)23-16-20-19-11(2)21(16)14-6-7-14/h3-5,8,10,14H,6-7H2,1-2H3,(H,18,22)/t10-/m1/s1. The van der Waals surface area contributed by atoms with E-state index in [1.165, 1.54) is 11.8 Å². The predicted molar refractivity (Wildman–Crippen MR) is 88.1 cm³/mol. The Morgan fingerprint density at radius 3 is 2.96 bits per heavy atom. The van der Waals surface area contributed by atoms with Gasteiger partial charge in [0, 0.05) is 11.7 Å². The lowest BCUT2D eigenvalue weighted by Gasteiger charge is -2.13. The third-order valence-electron chi connectivity index (χ3n) is 3.66. The van der Waals surface area contributed by atoms with Gasteiger partial charge in [0.05, 0.1) is 16.9 Å². The largest absolute Gasteiger partial charge is 0.325 e. The molecule has 1 aliphatic rings. The van der Waals surface area contributed by atoms with Gasteiger partial charge < -0.3 is 9.88 Å². The molecular weight excluding hydrogens is 310 g/mol. The van der Waals surface area contributed by atoms with E-state index in [4.69, 9.17) is 5.26 Å². The van der Waals surface area contributed by atoms with Crippen LogP contribution >= 0.6 is 11.8 Å². The van der Waals surface area contributed by atoms with Gasteiger partial charge in [-0.15, -0.1) is 10.2 Å². The second-order valence-corrected chi connectivity index (χ2v) is 6.88. The van der Waals surface area contributed by atoms with E-state index in [1.54, 1.807) is 24.3 Å². The number of nitriles is 1. The van der Waals surface area contributed by atoms with E-state index in [0.717, 1.165) is 23.8 Å². The summed E-state index contributed by atoms with van der Waals surface area (Å²) >= 11 is 1.41. The molecule has 0 saturated heterocycles. The molecule has 6 nitrogen and oxygen atoms in total. The summed E-state index contributed by atoms with van der Waals surface area (Å²) in [5.74, 6) is 0.775. The van der Waals surface area contributed by atoms with Crippen LogP contribution in [0.4, 0.5) is 5.69 Å². The monoisotopic (exact) mass is 327 g/mol. The van der Waals surface area contributed by atoms with E-state index < -0.39 is 0 Å². The van der Waals surface area contributed by atoms with Gasteiger partial charge in [-0.2, -0.15) is 5.26 Å². The number of carbonyl (C=O) groups is 1. The van der Waals surface area contributed by atoms with Gasteiger partial charge in [0.1, 0.15) is 5.82 Å². The van der Waals surface area contributed by atoms with E-state index in [2.05, 4.69) is 26.2 Å². The Labute approximate surface area is 138 Å². The molecule has 1 aromatic carbocycles. The molecule has 3 rings (SSSR count). The molecule has 1 aromatic heterocycles. The summed E-state index contributed by atoms with van der Waals surface area (Å²) in [6.45, 7) is 3.78. The highest BCUT2D eigenvalue weighted by Gasteiger charge is 2.29. The van der Waals surface area contributed by atoms with Crippen molar-refractivity contribution < 1.29 is 4.79 Å². The summed E-state index contributed by atoms with van der Waals surface area (Å²) < 4.78 is 2.12. The van der Waals surface area contributed by atoms with E-state index in [9.17, 15) is 4.79 Å². The van der Waals surface area contributed by atoms with Crippen LogP contribution in [0.2, 0.25) is 0 Å². The molecule has 1 atom stereocenters. The maximum Gasteiger partial charge on any atom is 0.237 e. The molecule has 0 aliphatic heterocycles. The minimum atomic E-state index is -0.304. The normalized spacial score (nSPS) is 15.0. The highest BCUT2D eigenvalue weighted by Crippen LogP contribution is 2.39. The molecule has 0 bridgehead atoms. The summed E-state index contributed by atoms with van der Waals surface area (Å²) in [4.78, 5) is 12.3. The van der Waals surface area contributed by atoms with Gasteiger partial charge in [0.25, 0.3) is 0 Å². The highest BCUT2D eigenvalue weighted by atomic mass is 32.2. The van der Waals surface area contributed by atoms with Crippen LogP contribution in [0.25, 0.3) is 0 Å². The Morgan fingerprint density at radius 2 is 2.26 bits per heavy atom. The van der Waals surface area contributed by atoms with Crippen LogP contribution < -0.4 is 5.32 Å². The Hall–Kier alpha value is -2.33. The lowest BCUT2D eigenvalue weighted by Crippen LogP contribution is -2.23. The first kappa shape index (κ1) is 15.6. The first-order valence-corrected chi connectivity index (χ1v) is 8.35. The fourth-order valence-electron chi connectivity index (χ4n) is 2.31. The van der Waals surface area contributed by atoms with Gasteiger partial charge >= 0.3 is 0 Å². The minimum absolute atomic E-state index is 0.118. The number of nitrogens with one attached hydrogen (secondary N) is 1. The summed E-state index contributed by atoms with van der Waals surface area (Å²) in [5, 5.41) is 20.5. The van der Waals surface area contributed by atoms with Crippen LogP contribution in [0.5, 0.6) is 0 Å². The maximum atomic E-state index is 12.3. The number of hydrogen-bond acceptors (Lipinski definition) is 5. The van der Waals surface area contributed by atoms with Crippen molar-refractivity contribution in [3.63, 3.8) is 0 Å². The van der Waals surface area contributed by atoms with E-state index in [0.29, 0.717) is 17.3 Å². The maximum absolute atomic E-state index is 12.3. The van der Waals surface area contributed by atoms with Crippen LogP contribution in [0, 0.1) is 18.3 Å². The number of amides is 1. The first-order chi connectivity index (χ1) is 11.1. The van der Waals surface area contributed by atoms with E-state index in [-0.39, 0.29) is 11.2 Å². The molecule has 0 spiro atoms. The van der Waals surface area contributed by atoms with Crippen molar-refractivity contribution >= 4 is 23.4 Å². The third kappa shape index (κ3) is 3.54. The summed E-state index contributed by atoms with van der Waals surface area (Å²) in [6, 6.07) is 9.42. The van der Waals surface area contributed by atoms with Gasteiger partial charge in [0.15, 0.2) is 5.16 Å². The van der Waals surface area contributed by atoms with Crippen LogP contribution in [-0.4, -0.2) is 25.9 Å². The second-order valence-electron chi connectivity index (χ2n) is 5.57. The number of benzene rings is 1. The second kappa shape index (κ2) is 6.42. The molecule has 118 valence electrons. The van der Waals surface area contributed by atoms with Gasteiger partial charge in [-0.1, -0.05) is 17.8 Å². The molecule has 2 aromatic rings. The van der Waals surface area contributed by atoms with Crippen molar-refractivity contribution in [2.75, 3.05) is 5.32 Å². The number of rotatable bonds is 5. The van der Waals surface area contributed by atoms with Crippen molar-refractivity contribution in [1.29, 1.82) is 5.26 Å². The van der Waals surface area contributed by atoms with E-state index >= 15 is 0 Å². The number of aromatic nitrogens is 3. The lowest BCUT2D eigenvalue weighted by molar-refractivity contribution is -0.115. The predicted octanol–water partition coefficient (Wildman–Crippen LogP) is 2.91. The van der Waals surface area contributed by atoms with Crippen molar-refractivity contribution in [3.05, 3.63) is 35.7 Å². The number of nitrogens with zero attached hydrogens (tertiary/aromatic N) is 4. The van der Waals surface area contributed by atoms with E-state index in [1.807, 2.05) is 13.8 Å². The van der Waals surface area contributed by atoms with Gasteiger partial charge in [0.2, 0.25) is 5.91 Å². The van der Waals surface area contributed by atoms with Gasteiger partial charge in [-0.25, -0.2) is 0 Å². The average Bonchev–Trinajstić information content (AvgIpc) is 3.31. The Morgan fingerprint density at radius 1 is 1.48 bits per heavy atom. The number of hydrogen-bond donors (Lipinski definition) is 1. The molecule has 1 fully saturated rings. The Balaban J connectivity index is 1.67. The molecule has 7 heteroatoms. The molecule has 1 saturated carbocycles. The van der Waals surface area contributed by atoms with Crippen LogP contribution in [0.15, 0.2) is 29.4 Å². The quantitative estimate of drug-likeness (QED) is 0.854. The molecule has 1 N–H and O–H groups in total. The fraction of sp³-hybridized carbons (Fsp3) is 0.375. The number of carbonyl (C=O) groups excluding carboxylic acids is 1. The van der Waals surface area contributed by atoms with Crippen molar-refractivity contribution in [2.45, 2.75) is 43.1 Å². The molecule has 1 heterocycles. The summed E-state index contributed by atoms with van der Waals surface area (Å²) in [7, 11) is 0. The number of aryl methyl sites for hydroxylation is 1. The SMILES string of the molecule is Cc1nnc(S[C@H](C)C(=O)Nc2cccc(C#N)c2)n1C1CC1. The molecule has 1 aliphatic carbocycles. The molecule has 0 unspecified atom stereocenters. The Bertz CT molecular complexity index is 775. The summed E-state index contributed by atoms with van der Waals surface area (Å²) in [5.41, 5.74) is 1.15. The fourth-order valence-corrected chi connectivity index (χ4v) is 3.27. The smallest absolute Gasteiger partial charge is 0.237 e. The summed E-state index contributed by atoms with van der Waals surface area (Å²) in [6.07, 6.45) is 2.29. The van der Waals surface area contributed by atoms with Crippen LogP contribution in [-0.2, 0) is 4.79 Å². The zero-order chi connectivity index (χ0) is 16.4. The zero-order valence-corrected chi connectivity index (χ0v) is 13.8. The number of anilines is 1. The number of thioether (sulfide) groups is 1. The molecular formula is C16H17N5OS. The zero-order valence-electron chi connectivity index (χ0n) is 13.0. The molecule has 23 heavy (non-hydrogen) atoms. The lowest BCUT2D eigenvalue weighted by atomic mass is 10.2. The molecule has 0 radical (unpaired) electrons. The van der Waals surface area contributed by atoms with Crippen molar-refractivity contribution in [3.8, 4) is 6.07 Å². The van der Waals surface area contributed by atoms with Gasteiger partial charge in [-0.3, -0.25) is 4.79 Å². The van der Waals surface area contributed by atoms with Gasteiger partial charge in [-0.05, 0) is 44.9 Å². The van der Waals surface area contributed by atoms with Crippen molar-refractivity contribution in [1.82, 2.24) is 14.8 Å². The first-order valence-electron chi connectivity index (χ1n) is 7.47. The third-order valence-corrected chi connectivity index (χ3v) is 4.71. The van der Waals surface area contributed by atoms with Crippen LogP contribution in [0.3, 0.4) is 0 Å². The minimum Gasteiger partial charge on any atom is -0.325 e. The van der Waals surface area contributed by atoms with Crippen molar-refractivity contribution in [2.24, 2.45) is 0 Å².